The van der Waals surface area contributed by atoms with Crippen LogP contribution in [0.5, 0.6) is 5.75 Å². The molecule has 4 heteroatoms. The Morgan fingerprint density at radius 1 is 1.22 bits per heavy atom. The van der Waals surface area contributed by atoms with Gasteiger partial charge in [0, 0.05) is 0 Å². The van der Waals surface area contributed by atoms with Gasteiger partial charge in [-0.25, -0.2) is 0 Å². The third-order valence-corrected chi connectivity index (χ3v) is 3.30. The Labute approximate surface area is 108 Å². The second kappa shape index (κ2) is 6.18. The molecule has 1 saturated carbocycles. The summed E-state index contributed by atoms with van der Waals surface area (Å²) in [6.07, 6.45) is 2.20. The molecular weight excluding hydrogens is 230 g/mol. The van der Waals surface area contributed by atoms with Crippen LogP contribution in [-0.2, 0) is 4.74 Å². The molecule has 4 nitrogen and oxygen atoms in total. The lowest BCUT2D eigenvalue weighted by Gasteiger charge is -2.26. The number of hydrogen-bond acceptors (Lipinski definition) is 4. The minimum Gasteiger partial charge on any atom is -0.491 e. The predicted molar refractivity (Wildman–Crippen MR) is 69.5 cm³/mol. The van der Waals surface area contributed by atoms with Crippen LogP contribution in [0.1, 0.15) is 12.8 Å². The van der Waals surface area contributed by atoms with Crippen LogP contribution < -0.4 is 10.5 Å². The highest BCUT2D eigenvalue weighted by molar-refractivity contribution is 5.20. The molecule has 18 heavy (non-hydrogen) atoms. The minimum absolute atomic E-state index is 0.0167. The Morgan fingerprint density at radius 2 is 1.94 bits per heavy atom. The minimum atomic E-state index is -0.563. The number of rotatable bonds is 8. The van der Waals surface area contributed by atoms with E-state index in [9.17, 15) is 5.11 Å². The lowest BCUT2D eigenvalue weighted by atomic mass is 9.97. The van der Waals surface area contributed by atoms with E-state index in [1.165, 1.54) is 0 Å². The second-order valence-electron chi connectivity index (χ2n) is 4.88. The van der Waals surface area contributed by atoms with E-state index in [-0.39, 0.29) is 6.61 Å². The molecule has 1 aromatic rings. The lowest BCUT2D eigenvalue weighted by Crippen LogP contribution is -2.50. The Balaban J connectivity index is 1.61. The smallest absolute Gasteiger partial charge is 0.119 e. The fourth-order valence-corrected chi connectivity index (χ4v) is 1.95. The van der Waals surface area contributed by atoms with Crippen LogP contribution in [0.4, 0.5) is 0 Å². The first kappa shape index (κ1) is 13.3. The average molecular weight is 251 g/mol. The summed E-state index contributed by atoms with van der Waals surface area (Å²) in [7, 11) is 0. The van der Waals surface area contributed by atoms with E-state index in [1.807, 2.05) is 30.3 Å². The molecule has 1 aliphatic rings. The largest absolute Gasteiger partial charge is 0.491 e. The molecule has 0 bridgehead atoms. The number of aliphatic hydroxyl groups excluding tert-OH is 1. The molecule has 0 heterocycles. The topological polar surface area (TPSA) is 64.7 Å². The lowest BCUT2D eigenvalue weighted by molar-refractivity contribution is 0.0313. The van der Waals surface area contributed by atoms with Crippen molar-refractivity contribution < 1.29 is 14.6 Å². The summed E-state index contributed by atoms with van der Waals surface area (Å²) in [6.45, 7) is 1.36. The summed E-state index contributed by atoms with van der Waals surface area (Å²) in [5, 5.41) is 9.29. The molecule has 0 aromatic heterocycles. The van der Waals surface area contributed by atoms with Gasteiger partial charge in [0.2, 0.25) is 0 Å². The SMILES string of the molecule is NC(CO)(COCCOc1ccccc1)C1CC1. The number of ether oxygens (including phenoxy) is 2. The summed E-state index contributed by atoms with van der Waals surface area (Å²) in [5.74, 6) is 1.25. The van der Waals surface area contributed by atoms with Crippen molar-refractivity contribution in [2.45, 2.75) is 18.4 Å². The number of nitrogens with two attached hydrogens (primary N) is 1. The third-order valence-electron chi connectivity index (χ3n) is 3.30. The van der Waals surface area contributed by atoms with Crippen LogP contribution in [0.2, 0.25) is 0 Å². The zero-order valence-corrected chi connectivity index (χ0v) is 10.5. The van der Waals surface area contributed by atoms with Gasteiger partial charge in [-0.15, -0.1) is 0 Å². The van der Waals surface area contributed by atoms with E-state index < -0.39 is 5.54 Å². The van der Waals surface area contributed by atoms with Gasteiger partial charge in [0.05, 0.1) is 25.4 Å². The molecule has 0 aliphatic heterocycles. The molecular formula is C14H21NO3. The van der Waals surface area contributed by atoms with Crippen molar-refractivity contribution in [2.75, 3.05) is 26.4 Å². The van der Waals surface area contributed by atoms with Crippen LogP contribution in [0, 0.1) is 5.92 Å². The number of para-hydroxylation sites is 1. The van der Waals surface area contributed by atoms with Crippen molar-refractivity contribution in [1.29, 1.82) is 0 Å². The van der Waals surface area contributed by atoms with Crippen LogP contribution in [0.3, 0.4) is 0 Å². The van der Waals surface area contributed by atoms with E-state index >= 15 is 0 Å². The van der Waals surface area contributed by atoms with Crippen molar-refractivity contribution in [2.24, 2.45) is 11.7 Å². The summed E-state index contributed by atoms with van der Waals surface area (Å²) in [4.78, 5) is 0. The van der Waals surface area contributed by atoms with Crippen LogP contribution in [-0.4, -0.2) is 37.1 Å². The Morgan fingerprint density at radius 3 is 2.56 bits per heavy atom. The summed E-state index contributed by atoms with van der Waals surface area (Å²) < 4.78 is 11.0. The van der Waals surface area contributed by atoms with E-state index in [0.717, 1.165) is 18.6 Å². The first-order chi connectivity index (χ1) is 8.74. The zero-order valence-electron chi connectivity index (χ0n) is 10.5. The maximum absolute atomic E-state index is 9.29. The fourth-order valence-electron chi connectivity index (χ4n) is 1.95. The van der Waals surface area contributed by atoms with Crippen molar-refractivity contribution >= 4 is 0 Å². The zero-order chi connectivity index (χ0) is 12.8. The first-order valence-electron chi connectivity index (χ1n) is 6.40. The normalized spacial score (nSPS) is 18.3. The number of benzene rings is 1. The van der Waals surface area contributed by atoms with Gasteiger partial charge in [-0.1, -0.05) is 18.2 Å². The highest BCUT2D eigenvalue weighted by atomic mass is 16.5. The predicted octanol–water partition coefficient (Wildman–Crippen LogP) is 1.18. The summed E-state index contributed by atoms with van der Waals surface area (Å²) >= 11 is 0. The molecule has 0 saturated heterocycles. The Kier molecular flexibility index (Phi) is 4.58. The van der Waals surface area contributed by atoms with Gasteiger partial charge < -0.3 is 20.3 Å². The van der Waals surface area contributed by atoms with E-state index in [1.54, 1.807) is 0 Å². The van der Waals surface area contributed by atoms with Crippen molar-refractivity contribution in [3.63, 3.8) is 0 Å². The van der Waals surface area contributed by atoms with Gasteiger partial charge in [0.25, 0.3) is 0 Å². The molecule has 1 unspecified atom stereocenters. The van der Waals surface area contributed by atoms with Crippen molar-refractivity contribution in [3.05, 3.63) is 30.3 Å². The highest BCUT2D eigenvalue weighted by Gasteiger charge is 2.41. The van der Waals surface area contributed by atoms with E-state index in [2.05, 4.69) is 0 Å². The quantitative estimate of drug-likeness (QED) is 0.681. The maximum atomic E-state index is 9.29. The van der Waals surface area contributed by atoms with E-state index in [4.69, 9.17) is 15.2 Å². The maximum Gasteiger partial charge on any atom is 0.119 e. The molecule has 1 aromatic carbocycles. The van der Waals surface area contributed by atoms with E-state index in [0.29, 0.717) is 25.7 Å². The second-order valence-corrected chi connectivity index (χ2v) is 4.88. The molecule has 3 N–H and O–H groups in total. The first-order valence-corrected chi connectivity index (χ1v) is 6.40. The molecule has 1 aliphatic carbocycles. The average Bonchev–Trinajstić information content (AvgIpc) is 3.24. The van der Waals surface area contributed by atoms with Gasteiger partial charge >= 0.3 is 0 Å². The molecule has 0 spiro atoms. The van der Waals surface area contributed by atoms with Crippen LogP contribution >= 0.6 is 0 Å². The van der Waals surface area contributed by atoms with Crippen LogP contribution in [0.15, 0.2) is 30.3 Å². The summed E-state index contributed by atoms with van der Waals surface area (Å²) in [6, 6.07) is 9.62. The van der Waals surface area contributed by atoms with Gasteiger partial charge in [0.1, 0.15) is 12.4 Å². The molecule has 1 fully saturated rings. The van der Waals surface area contributed by atoms with Gasteiger partial charge in [-0.3, -0.25) is 0 Å². The molecule has 0 radical (unpaired) electrons. The molecule has 2 rings (SSSR count). The molecule has 100 valence electrons. The van der Waals surface area contributed by atoms with Gasteiger partial charge in [0.15, 0.2) is 0 Å². The number of aliphatic hydroxyl groups is 1. The molecule has 1 atom stereocenters. The van der Waals surface area contributed by atoms with Gasteiger partial charge in [-0.05, 0) is 30.9 Å². The highest BCUT2D eigenvalue weighted by Crippen LogP contribution is 2.38. The summed E-state index contributed by atoms with van der Waals surface area (Å²) in [5.41, 5.74) is 5.52. The van der Waals surface area contributed by atoms with Crippen molar-refractivity contribution in [1.82, 2.24) is 0 Å². The monoisotopic (exact) mass is 251 g/mol. The standard InChI is InChI=1S/C14H21NO3/c15-14(10-16,12-6-7-12)11-17-8-9-18-13-4-2-1-3-5-13/h1-5,12,16H,6-11,15H2. The third kappa shape index (κ3) is 3.70. The Bertz CT molecular complexity index is 353. The van der Waals surface area contributed by atoms with Crippen LogP contribution in [0.25, 0.3) is 0 Å². The Hall–Kier alpha value is -1.10. The van der Waals surface area contributed by atoms with Gasteiger partial charge in [-0.2, -0.15) is 0 Å². The number of hydrogen-bond donors (Lipinski definition) is 2. The van der Waals surface area contributed by atoms with Crippen molar-refractivity contribution in [3.8, 4) is 5.75 Å². The molecule has 0 amide bonds. The fraction of sp³-hybridized carbons (Fsp3) is 0.571.